The first kappa shape index (κ1) is 17.5. The minimum atomic E-state index is -0.254. The number of methoxy groups -OCH3 is 1. The number of ether oxygens (including phenoxy) is 1. The Labute approximate surface area is 155 Å². The molecule has 128 valence electrons. The first-order valence-electron chi connectivity index (χ1n) is 7.72. The van der Waals surface area contributed by atoms with Crippen molar-refractivity contribution in [2.24, 2.45) is 0 Å². The monoisotopic (exact) mass is 372 g/mol. The number of benzene rings is 2. The van der Waals surface area contributed by atoms with Crippen LogP contribution in [0.25, 0.3) is 0 Å². The molecular formula is C19H17ClN2O2S. The molecule has 1 N–H and O–H groups in total. The zero-order chi connectivity index (χ0) is 17.8. The number of hydrogen-bond donors (Lipinski definition) is 1. The van der Waals surface area contributed by atoms with Gasteiger partial charge in [-0.1, -0.05) is 35.9 Å². The Morgan fingerprint density at radius 1 is 1.20 bits per heavy atom. The molecule has 0 saturated heterocycles. The lowest BCUT2D eigenvalue weighted by atomic mass is 10.1. The summed E-state index contributed by atoms with van der Waals surface area (Å²) in [6, 6.07) is 14.9. The van der Waals surface area contributed by atoms with Crippen LogP contribution in [0.1, 0.15) is 26.5 Å². The summed E-state index contributed by atoms with van der Waals surface area (Å²) in [6.07, 6.45) is 0.759. The summed E-state index contributed by atoms with van der Waals surface area (Å²) in [6.45, 7) is 1.94. The highest BCUT2D eigenvalue weighted by atomic mass is 35.5. The molecule has 0 unspecified atom stereocenters. The van der Waals surface area contributed by atoms with Crippen LogP contribution >= 0.6 is 22.9 Å². The van der Waals surface area contributed by atoms with Crippen LogP contribution < -0.4 is 10.1 Å². The van der Waals surface area contributed by atoms with Gasteiger partial charge in [0.25, 0.3) is 5.91 Å². The number of amides is 1. The summed E-state index contributed by atoms with van der Waals surface area (Å²) in [5.74, 6) is 0.577. The maximum atomic E-state index is 12.3. The largest absolute Gasteiger partial charge is 0.497 e. The van der Waals surface area contributed by atoms with E-state index in [1.54, 1.807) is 31.4 Å². The molecule has 0 bridgehead atoms. The Morgan fingerprint density at radius 2 is 1.92 bits per heavy atom. The molecule has 6 heteroatoms. The second-order valence-corrected chi connectivity index (χ2v) is 6.98. The summed E-state index contributed by atoms with van der Waals surface area (Å²) >= 11 is 7.54. The van der Waals surface area contributed by atoms with E-state index in [1.165, 1.54) is 11.3 Å². The molecule has 0 aliphatic heterocycles. The fourth-order valence-electron chi connectivity index (χ4n) is 2.38. The van der Waals surface area contributed by atoms with E-state index in [1.807, 2.05) is 31.2 Å². The van der Waals surface area contributed by atoms with E-state index in [0.29, 0.717) is 15.7 Å². The molecule has 4 nitrogen and oxygen atoms in total. The van der Waals surface area contributed by atoms with Gasteiger partial charge in [0.1, 0.15) is 5.75 Å². The lowest BCUT2D eigenvalue weighted by molar-refractivity contribution is 0.102. The predicted octanol–water partition coefficient (Wildman–Crippen LogP) is 4.96. The van der Waals surface area contributed by atoms with Crippen molar-refractivity contribution in [2.75, 3.05) is 12.4 Å². The molecule has 3 rings (SSSR count). The van der Waals surface area contributed by atoms with Gasteiger partial charge in [-0.15, -0.1) is 11.3 Å². The van der Waals surface area contributed by atoms with E-state index in [2.05, 4.69) is 10.3 Å². The van der Waals surface area contributed by atoms with Gasteiger partial charge in [-0.2, -0.15) is 0 Å². The fourth-order valence-corrected chi connectivity index (χ4v) is 3.60. The number of carbonyl (C=O) groups is 1. The fraction of sp³-hybridized carbons (Fsp3) is 0.158. The minimum Gasteiger partial charge on any atom is -0.497 e. The zero-order valence-electron chi connectivity index (χ0n) is 13.9. The highest BCUT2D eigenvalue weighted by Crippen LogP contribution is 2.27. The molecule has 3 aromatic rings. The van der Waals surface area contributed by atoms with Crippen molar-refractivity contribution in [1.29, 1.82) is 0 Å². The third-order valence-electron chi connectivity index (χ3n) is 3.76. The van der Waals surface area contributed by atoms with Crippen LogP contribution in [0.4, 0.5) is 5.13 Å². The van der Waals surface area contributed by atoms with Gasteiger partial charge in [0.05, 0.1) is 23.4 Å². The molecule has 2 aromatic carbocycles. The number of aryl methyl sites for hydroxylation is 1. The lowest BCUT2D eigenvalue weighted by Gasteiger charge is -2.03. The van der Waals surface area contributed by atoms with Gasteiger partial charge in [-0.25, -0.2) is 4.98 Å². The Kier molecular flexibility index (Phi) is 5.36. The van der Waals surface area contributed by atoms with E-state index in [4.69, 9.17) is 16.3 Å². The van der Waals surface area contributed by atoms with Crippen molar-refractivity contribution in [3.8, 4) is 5.75 Å². The molecule has 0 aliphatic carbocycles. The third-order valence-corrected chi connectivity index (χ3v) is 5.16. The zero-order valence-corrected chi connectivity index (χ0v) is 15.4. The van der Waals surface area contributed by atoms with Gasteiger partial charge in [0.15, 0.2) is 5.13 Å². The topological polar surface area (TPSA) is 51.2 Å². The summed E-state index contributed by atoms with van der Waals surface area (Å²) in [4.78, 5) is 17.9. The van der Waals surface area contributed by atoms with Gasteiger partial charge in [-0.3, -0.25) is 10.1 Å². The molecule has 0 spiro atoms. The van der Waals surface area contributed by atoms with Crippen LogP contribution in [-0.4, -0.2) is 18.0 Å². The Bertz CT molecular complexity index is 891. The molecule has 0 fully saturated rings. The lowest BCUT2D eigenvalue weighted by Crippen LogP contribution is -2.12. The predicted molar refractivity (Wildman–Crippen MR) is 102 cm³/mol. The van der Waals surface area contributed by atoms with Crippen molar-refractivity contribution in [3.05, 3.63) is 75.3 Å². The third kappa shape index (κ3) is 4.18. The first-order valence-corrected chi connectivity index (χ1v) is 8.91. The molecule has 0 saturated carbocycles. The molecule has 1 aromatic heterocycles. The number of nitrogens with zero attached hydrogens (tertiary/aromatic N) is 1. The molecule has 0 aliphatic rings. The molecule has 0 radical (unpaired) electrons. The number of aromatic nitrogens is 1. The van der Waals surface area contributed by atoms with Crippen molar-refractivity contribution in [2.45, 2.75) is 13.3 Å². The average Bonchev–Trinajstić information content (AvgIpc) is 2.95. The van der Waals surface area contributed by atoms with Crippen LogP contribution in [0.15, 0.2) is 48.5 Å². The van der Waals surface area contributed by atoms with Crippen molar-refractivity contribution < 1.29 is 9.53 Å². The number of thiazole rings is 1. The molecule has 25 heavy (non-hydrogen) atoms. The molecule has 0 atom stereocenters. The maximum Gasteiger partial charge on any atom is 0.258 e. The summed E-state index contributed by atoms with van der Waals surface area (Å²) in [5, 5.41) is 3.83. The van der Waals surface area contributed by atoms with Gasteiger partial charge < -0.3 is 4.74 Å². The minimum absolute atomic E-state index is 0.254. The Hall–Kier alpha value is -2.37. The molecule has 1 heterocycles. The van der Waals surface area contributed by atoms with Crippen LogP contribution in [0.3, 0.4) is 0 Å². The SMILES string of the molecule is COc1ccc(Cc2sc(NC(=O)c3ccccc3Cl)nc2C)cc1. The maximum absolute atomic E-state index is 12.3. The van der Waals surface area contributed by atoms with E-state index >= 15 is 0 Å². The van der Waals surface area contributed by atoms with Crippen molar-refractivity contribution >= 4 is 34.0 Å². The van der Waals surface area contributed by atoms with Crippen molar-refractivity contribution in [1.82, 2.24) is 4.98 Å². The van der Waals surface area contributed by atoms with Gasteiger partial charge in [0, 0.05) is 11.3 Å². The van der Waals surface area contributed by atoms with E-state index in [-0.39, 0.29) is 5.91 Å². The smallest absolute Gasteiger partial charge is 0.258 e. The standard InChI is InChI=1S/C19H17ClN2O2S/c1-12-17(11-13-7-9-14(24-2)10-8-13)25-19(21-12)22-18(23)15-5-3-4-6-16(15)20/h3-10H,11H2,1-2H3,(H,21,22,23). The molecule has 1 amide bonds. The number of halogens is 1. The van der Waals surface area contributed by atoms with Crippen LogP contribution in [-0.2, 0) is 6.42 Å². The van der Waals surface area contributed by atoms with Gasteiger partial charge >= 0.3 is 0 Å². The van der Waals surface area contributed by atoms with Crippen LogP contribution in [0.2, 0.25) is 5.02 Å². The highest BCUT2D eigenvalue weighted by Gasteiger charge is 2.14. The number of rotatable bonds is 5. The van der Waals surface area contributed by atoms with Gasteiger partial charge in [-0.05, 0) is 36.8 Å². The Balaban J connectivity index is 1.73. The van der Waals surface area contributed by atoms with E-state index < -0.39 is 0 Å². The van der Waals surface area contributed by atoms with Crippen LogP contribution in [0, 0.1) is 6.92 Å². The average molecular weight is 373 g/mol. The number of nitrogens with one attached hydrogen (secondary N) is 1. The van der Waals surface area contributed by atoms with E-state index in [9.17, 15) is 4.79 Å². The summed E-state index contributed by atoms with van der Waals surface area (Å²) in [5.41, 5.74) is 2.51. The second kappa shape index (κ2) is 7.68. The second-order valence-electron chi connectivity index (χ2n) is 5.49. The Morgan fingerprint density at radius 3 is 2.60 bits per heavy atom. The number of carbonyl (C=O) groups excluding carboxylic acids is 1. The highest BCUT2D eigenvalue weighted by molar-refractivity contribution is 7.15. The van der Waals surface area contributed by atoms with E-state index in [0.717, 1.165) is 28.3 Å². The summed E-state index contributed by atoms with van der Waals surface area (Å²) < 4.78 is 5.17. The summed E-state index contributed by atoms with van der Waals surface area (Å²) in [7, 11) is 1.65. The first-order chi connectivity index (χ1) is 12.1. The molecular weight excluding hydrogens is 356 g/mol. The normalized spacial score (nSPS) is 10.5. The number of anilines is 1. The quantitative estimate of drug-likeness (QED) is 0.688. The van der Waals surface area contributed by atoms with Crippen LogP contribution in [0.5, 0.6) is 5.75 Å². The number of hydrogen-bond acceptors (Lipinski definition) is 4. The van der Waals surface area contributed by atoms with Gasteiger partial charge in [0.2, 0.25) is 0 Å². The van der Waals surface area contributed by atoms with Crippen molar-refractivity contribution in [3.63, 3.8) is 0 Å².